The Labute approximate surface area is 119 Å². The van der Waals surface area contributed by atoms with Gasteiger partial charge in [0.2, 0.25) is 0 Å². The smallest absolute Gasteiger partial charge is 0.137 e. The van der Waals surface area contributed by atoms with Crippen molar-refractivity contribution in [3.8, 4) is 11.5 Å². The minimum atomic E-state index is 0.501. The molecule has 0 saturated heterocycles. The summed E-state index contributed by atoms with van der Waals surface area (Å²) in [5.41, 5.74) is 1.16. The molecular formula is C16H20N2O2. The van der Waals surface area contributed by atoms with Crippen molar-refractivity contribution in [1.82, 2.24) is 10.3 Å². The maximum atomic E-state index is 5.77. The minimum absolute atomic E-state index is 0.501. The summed E-state index contributed by atoms with van der Waals surface area (Å²) in [5.74, 6) is 1.67. The van der Waals surface area contributed by atoms with Crippen molar-refractivity contribution in [2.24, 2.45) is 0 Å². The van der Waals surface area contributed by atoms with Gasteiger partial charge in [-0.15, -0.1) is 0 Å². The SMILES string of the molecule is CCNCc1ccccc1OCCOc1cccnc1. The largest absolute Gasteiger partial charge is 0.490 e. The van der Waals surface area contributed by atoms with E-state index in [2.05, 4.69) is 23.3 Å². The standard InChI is InChI=1S/C16H20N2O2/c1-2-17-12-14-6-3-4-8-16(14)20-11-10-19-15-7-5-9-18-13-15/h3-9,13,17H,2,10-12H2,1H3. The summed E-state index contributed by atoms with van der Waals surface area (Å²) in [6, 6.07) is 11.8. The van der Waals surface area contributed by atoms with E-state index >= 15 is 0 Å². The Morgan fingerprint density at radius 1 is 1.05 bits per heavy atom. The van der Waals surface area contributed by atoms with Crippen LogP contribution in [-0.2, 0) is 6.54 Å². The quantitative estimate of drug-likeness (QED) is 0.750. The highest BCUT2D eigenvalue weighted by molar-refractivity contribution is 5.33. The number of ether oxygens (including phenoxy) is 2. The van der Waals surface area contributed by atoms with Gasteiger partial charge in [0.25, 0.3) is 0 Å². The Bertz CT molecular complexity index is 503. The van der Waals surface area contributed by atoms with Gasteiger partial charge in [-0.2, -0.15) is 0 Å². The first-order valence-electron chi connectivity index (χ1n) is 6.84. The Hall–Kier alpha value is -2.07. The lowest BCUT2D eigenvalue weighted by Gasteiger charge is -2.12. The summed E-state index contributed by atoms with van der Waals surface area (Å²) < 4.78 is 11.3. The number of benzene rings is 1. The first-order valence-corrected chi connectivity index (χ1v) is 6.84. The molecule has 0 atom stereocenters. The normalized spacial score (nSPS) is 10.2. The maximum Gasteiger partial charge on any atom is 0.137 e. The van der Waals surface area contributed by atoms with Gasteiger partial charge in [-0.1, -0.05) is 25.1 Å². The van der Waals surface area contributed by atoms with Gasteiger partial charge in [0.05, 0.1) is 6.20 Å². The van der Waals surface area contributed by atoms with Crippen LogP contribution in [0.2, 0.25) is 0 Å². The van der Waals surface area contributed by atoms with Crippen molar-refractivity contribution in [3.63, 3.8) is 0 Å². The highest BCUT2D eigenvalue weighted by Crippen LogP contribution is 2.17. The highest BCUT2D eigenvalue weighted by atomic mass is 16.5. The van der Waals surface area contributed by atoms with Crippen LogP contribution in [0.15, 0.2) is 48.8 Å². The van der Waals surface area contributed by atoms with Crippen LogP contribution in [-0.4, -0.2) is 24.7 Å². The van der Waals surface area contributed by atoms with Crippen LogP contribution in [0.5, 0.6) is 11.5 Å². The van der Waals surface area contributed by atoms with Gasteiger partial charge < -0.3 is 14.8 Å². The van der Waals surface area contributed by atoms with Gasteiger partial charge >= 0.3 is 0 Å². The summed E-state index contributed by atoms with van der Waals surface area (Å²) in [6.07, 6.45) is 3.42. The average molecular weight is 272 g/mol. The second-order valence-corrected chi connectivity index (χ2v) is 4.27. The van der Waals surface area contributed by atoms with Crippen molar-refractivity contribution in [2.45, 2.75) is 13.5 Å². The monoisotopic (exact) mass is 272 g/mol. The first kappa shape index (κ1) is 14.3. The fourth-order valence-electron chi connectivity index (χ4n) is 1.79. The van der Waals surface area contributed by atoms with E-state index < -0.39 is 0 Å². The zero-order valence-corrected chi connectivity index (χ0v) is 11.7. The molecule has 2 aromatic rings. The molecule has 20 heavy (non-hydrogen) atoms. The van der Waals surface area contributed by atoms with E-state index in [4.69, 9.17) is 9.47 Å². The van der Waals surface area contributed by atoms with Gasteiger partial charge in [-0.05, 0) is 24.7 Å². The second kappa shape index (κ2) is 8.17. The van der Waals surface area contributed by atoms with Crippen LogP contribution in [0.1, 0.15) is 12.5 Å². The van der Waals surface area contributed by atoms with Gasteiger partial charge in [-0.3, -0.25) is 4.98 Å². The van der Waals surface area contributed by atoms with Crippen molar-refractivity contribution in [2.75, 3.05) is 19.8 Å². The Morgan fingerprint density at radius 3 is 2.70 bits per heavy atom. The molecule has 4 heteroatoms. The van der Waals surface area contributed by atoms with Gasteiger partial charge in [0.15, 0.2) is 0 Å². The van der Waals surface area contributed by atoms with E-state index in [1.54, 1.807) is 12.4 Å². The van der Waals surface area contributed by atoms with Crippen molar-refractivity contribution < 1.29 is 9.47 Å². The zero-order valence-electron chi connectivity index (χ0n) is 11.7. The lowest BCUT2D eigenvalue weighted by Crippen LogP contribution is -2.14. The van der Waals surface area contributed by atoms with E-state index in [0.717, 1.165) is 30.2 Å². The molecule has 0 aliphatic heterocycles. The van der Waals surface area contributed by atoms with Crippen LogP contribution >= 0.6 is 0 Å². The third-order valence-electron chi connectivity index (χ3n) is 2.78. The number of rotatable bonds is 8. The summed E-state index contributed by atoms with van der Waals surface area (Å²) in [7, 11) is 0. The van der Waals surface area contributed by atoms with Gasteiger partial charge in [-0.25, -0.2) is 0 Å². The molecule has 0 aliphatic carbocycles. The van der Waals surface area contributed by atoms with E-state index in [-0.39, 0.29) is 0 Å². The number of para-hydroxylation sites is 1. The molecule has 0 saturated carbocycles. The third-order valence-corrected chi connectivity index (χ3v) is 2.78. The van der Waals surface area contributed by atoms with E-state index in [9.17, 15) is 0 Å². The Balaban J connectivity index is 1.79. The van der Waals surface area contributed by atoms with Crippen LogP contribution < -0.4 is 14.8 Å². The topological polar surface area (TPSA) is 43.4 Å². The van der Waals surface area contributed by atoms with Crippen molar-refractivity contribution >= 4 is 0 Å². The van der Waals surface area contributed by atoms with E-state index in [0.29, 0.717) is 13.2 Å². The fourth-order valence-corrected chi connectivity index (χ4v) is 1.79. The Kier molecular flexibility index (Phi) is 5.86. The molecule has 0 unspecified atom stereocenters. The lowest BCUT2D eigenvalue weighted by molar-refractivity contribution is 0.215. The molecule has 1 heterocycles. The van der Waals surface area contributed by atoms with Crippen LogP contribution in [0.3, 0.4) is 0 Å². The number of nitrogens with zero attached hydrogens (tertiary/aromatic N) is 1. The molecule has 0 bridgehead atoms. The molecule has 0 spiro atoms. The fraction of sp³-hybridized carbons (Fsp3) is 0.312. The first-order chi connectivity index (χ1) is 9.90. The predicted molar refractivity (Wildman–Crippen MR) is 79.0 cm³/mol. The lowest BCUT2D eigenvalue weighted by atomic mass is 10.2. The van der Waals surface area contributed by atoms with Crippen molar-refractivity contribution in [1.29, 1.82) is 0 Å². The number of hydrogen-bond donors (Lipinski definition) is 1. The zero-order chi connectivity index (χ0) is 14.0. The summed E-state index contributed by atoms with van der Waals surface area (Å²) in [5, 5.41) is 3.30. The molecule has 0 fully saturated rings. The molecule has 1 aromatic carbocycles. The molecule has 0 radical (unpaired) electrons. The number of hydrogen-bond acceptors (Lipinski definition) is 4. The summed E-state index contributed by atoms with van der Waals surface area (Å²) in [6.45, 7) is 4.86. The predicted octanol–water partition coefficient (Wildman–Crippen LogP) is 2.65. The van der Waals surface area contributed by atoms with E-state index in [1.807, 2.05) is 30.3 Å². The van der Waals surface area contributed by atoms with Gasteiger partial charge in [0.1, 0.15) is 24.7 Å². The van der Waals surface area contributed by atoms with Crippen LogP contribution in [0, 0.1) is 0 Å². The molecule has 2 rings (SSSR count). The van der Waals surface area contributed by atoms with E-state index in [1.165, 1.54) is 0 Å². The summed E-state index contributed by atoms with van der Waals surface area (Å²) >= 11 is 0. The minimum Gasteiger partial charge on any atom is -0.490 e. The van der Waals surface area contributed by atoms with Crippen molar-refractivity contribution in [3.05, 3.63) is 54.4 Å². The number of aromatic nitrogens is 1. The second-order valence-electron chi connectivity index (χ2n) is 4.27. The molecule has 1 N–H and O–H groups in total. The molecular weight excluding hydrogens is 252 g/mol. The third kappa shape index (κ3) is 4.55. The average Bonchev–Trinajstić information content (AvgIpc) is 2.51. The Morgan fingerprint density at radius 2 is 1.90 bits per heavy atom. The molecule has 0 amide bonds. The summed E-state index contributed by atoms with van der Waals surface area (Å²) in [4.78, 5) is 4.00. The van der Waals surface area contributed by atoms with Crippen LogP contribution in [0.4, 0.5) is 0 Å². The number of nitrogens with one attached hydrogen (secondary N) is 1. The molecule has 4 nitrogen and oxygen atoms in total. The van der Waals surface area contributed by atoms with Gasteiger partial charge in [0, 0.05) is 18.3 Å². The molecule has 0 aliphatic rings. The highest BCUT2D eigenvalue weighted by Gasteiger charge is 2.02. The number of pyridine rings is 1. The molecule has 106 valence electrons. The molecule has 1 aromatic heterocycles. The van der Waals surface area contributed by atoms with Crippen LogP contribution in [0.25, 0.3) is 0 Å². The maximum absolute atomic E-state index is 5.77.